The van der Waals surface area contributed by atoms with Gasteiger partial charge in [-0.2, -0.15) is 0 Å². The smallest absolute Gasteiger partial charge is 0.253 e. The van der Waals surface area contributed by atoms with E-state index < -0.39 is 10.0 Å². The fourth-order valence-corrected chi connectivity index (χ4v) is 3.41. The minimum Gasteiger partial charge on any atom is -0.348 e. The van der Waals surface area contributed by atoms with Gasteiger partial charge in [-0.3, -0.25) is 9.78 Å². The largest absolute Gasteiger partial charge is 0.348 e. The second kappa shape index (κ2) is 7.55. The molecule has 2 rings (SSSR count). The van der Waals surface area contributed by atoms with E-state index in [1.165, 1.54) is 12.3 Å². The van der Waals surface area contributed by atoms with E-state index in [0.29, 0.717) is 11.1 Å². The first-order chi connectivity index (χ1) is 11.3. The minimum atomic E-state index is -3.55. The van der Waals surface area contributed by atoms with Gasteiger partial charge in [-0.05, 0) is 50.6 Å². The molecule has 1 aromatic heterocycles. The number of rotatable bonds is 6. The van der Waals surface area contributed by atoms with E-state index in [1.54, 1.807) is 44.2 Å². The molecular formula is C17H21N3O3S. The monoisotopic (exact) mass is 347 g/mol. The van der Waals surface area contributed by atoms with Gasteiger partial charge in [0.2, 0.25) is 10.0 Å². The Bertz CT molecular complexity index is 815. The van der Waals surface area contributed by atoms with Crippen LogP contribution in [0.15, 0.2) is 47.5 Å². The van der Waals surface area contributed by atoms with E-state index in [2.05, 4.69) is 15.0 Å². The summed E-state index contributed by atoms with van der Waals surface area (Å²) in [4.78, 5) is 16.3. The molecule has 6 nitrogen and oxygen atoms in total. The Morgan fingerprint density at radius 1 is 1.21 bits per heavy atom. The first kappa shape index (κ1) is 18.1. The third-order valence-electron chi connectivity index (χ3n) is 3.23. The van der Waals surface area contributed by atoms with E-state index in [1.807, 2.05) is 6.92 Å². The Balaban J connectivity index is 2.07. The van der Waals surface area contributed by atoms with E-state index >= 15 is 0 Å². The molecule has 128 valence electrons. The van der Waals surface area contributed by atoms with Crippen molar-refractivity contribution in [3.05, 3.63) is 59.4 Å². The molecule has 0 aliphatic rings. The highest BCUT2D eigenvalue weighted by Crippen LogP contribution is 2.12. The summed E-state index contributed by atoms with van der Waals surface area (Å²) < 4.78 is 26.9. The maximum absolute atomic E-state index is 12.2. The van der Waals surface area contributed by atoms with Crippen LogP contribution in [0.3, 0.4) is 0 Å². The summed E-state index contributed by atoms with van der Waals surface area (Å²) in [6.07, 6.45) is 1.51. The molecule has 0 aliphatic heterocycles. The topological polar surface area (TPSA) is 88.2 Å². The number of benzene rings is 1. The number of hydrogen-bond donors (Lipinski definition) is 2. The Kier molecular flexibility index (Phi) is 5.69. The highest BCUT2D eigenvalue weighted by atomic mass is 32.2. The van der Waals surface area contributed by atoms with Crippen LogP contribution in [0.5, 0.6) is 0 Å². The quantitative estimate of drug-likeness (QED) is 0.837. The molecule has 0 spiro atoms. The van der Waals surface area contributed by atoms with Crippen LogP contribution in [0, 0.1) is 6.92 Å². The van der Waals surface area contributed by atoms with Gasteiger partial charge < -0.3 is 5.32 Å². The summed E-state index contributed by atoms with van der Waals surface area (Å²) >= 11 is 0. The van der Waals surface area contributed by atoms with Crippen molar-refractivity contribution in [1.82, 2.24) is 15.0 Å². The fourth-order valence-electron chi connectivity index (χ4n) is 2.09. The number of sulfonamides is 1. The van der Waals surface area contributed by atoms with E-state index in [4.69, 9.17) is 0 Å². The average Bonchev–Trinajstić information content (AvgIpc) is 2.52. The molecule has 0 saturated heterocycles. The predicted molar refractivity (Wildman–Crippen MR) is 92.0 cm³/mol. The van der Waals surface area contributed by atoms with E-state index in [-0.39, 0.29) is 23.4 Å². The lowest BCUT2D eigenvalue weighted by Crippen LogP contribution is -2.30. The van der Waals surface area contributed by atoms with Crippen molar-refractivity contribution in [3.8, 4) is 0 Å². The first-order valence-corrected chi connectivity index (χ1v) is 9.08. The van der Waals surface area contributed by atoms with Gasteiger partial charge in [0.1, 0.15) is 0 Å². The maximum Gasteiger partial charge on any atom is 0.253 e. The Hall–Kier alpha value is -2.25. The molecule has 7 heteroatoms. The molecule has 0 fully saturated rings. The molecule has 1 heterocycles. The van der Waals surface area contributed by atoms with Gasteiger partial charge in [0, 0.05) is 24.5 Å². The molecule has 0 atom stereocenters. The summed E-state index contributed by atoms with van der Waals surface area (Å²) in [5.41, 5.74) is 2.00. The Morgan fingerprint density at radius 3 is 2.58 bits per heavy atom. The fraction of sp³-hybridized carbons (Fsp3) is 0.294. The van der Waals surface area contributed by atoms with Crippen molar-refractivity contribution < 1.29 is 13.2 Å². The van der Waals surface area contributed by atoms with Crippen LogP contribution in [-0.2, 0) is 16.6 Å². The van der Waals surface area contributed by atoms with Crippen molar-refractivity contribution in [2.24, 2.45) is 0 Å². The number of carbonyl (C=O) groups excluding carboxylic acids is 1. The highest BCUT2D eigenvalue weighted by Gasteiger charge is 2.15. The average molecular weight is 347 g/mol. The second-order valence-electron chi connectivity index (χ2n) is 5.79. The first-order valence-electron chi connectivity index (χ1n) is 7.60. The second-order valence-corrected chi connectivity index (χ2v) is 7.51. The van der Waals surface area contributed by atoms with Crippen LogP contribution in [0.4, 0.5) is 0 Å². The molecule has 1 aromatic carbocycles. The highest BCUT2D eigenvalue weighted by molar-refractivity contribution is 7.89. The lowest BCUT2D eigenvalue weighted by atomic mass is 10.2. The lowest BCUT2D eigenvalue weighted by molar-refractivity contribution is 0.0950. The SMILES string of the molecule is Cc1ccc(C(=O)NCc2cccc(S(=O)(=O)NC(C)C)c2)cn1. The minimum absolute atomic E-state index is 0.181. The molecule has 0 aliphatic carbocycles. The van der Waals surface area contributed by atoms with Crippen molar-refractivity contribution in [2.45, 2.75) is 38.3 Å². The molecule has 2 aromatic rings. The van der Waals surface area contributed by atoms with Gasteiger partial charge in [-0.1, -0.05) is 12.1 Å². The standard InChI is InChI=1S/C17H21N3O3S/c1-12(2)20-24(22,23)16-6-4-5-14(9-16)10-19-17(21)15-8-7-13(3)18-11-15/h4-9,11-12,20H,10H2,1-3H3,(H,19,21). The summed E-state index contributed by atoms with van der Waals surface area (Å²) in [6, 6.07) is 9.78. The summed E-state index contributed by atoms with van der Waals surface area (Å²) in [5.74, 6) is -0.254. The number of aryl methyl sites for hydroxylation is 1. The van der Waals surface area contributed by atoms with Gasteiger partial charge in [-0.25, -0.2) is 13.1 Å². The molecule has 1 amide bonds. The third-order valence-corrected chi connectivity index (χ3v) is 4.88. The van der Waals surface area contributed by atoms with Crippen LogP contribution in [0.1, 0.15) is 35.5 Å². The number of pyridine rings is 1. The molecular weight excluding hydrogens is 326 g/mol. The number of nitrogens with one attached hydrogen (secondary N) is 2. The molecule has 0 saturated carbocycles. The number of nitrogens with zero attached hydrogens (tertiary/aromatic N) is 1. The summed E-state index contributed by atoms with van der Waals surface area (Å²) in [5, 5.41) is 2.76. The van der Waals surface area contributed by atoms with Crippen LogP contribution >= 0.6 is 0 Å². The van der Waals surface area contributed by atoms with Crippen molar-refractivity contribution in [2.75, 3.05) is 0 Å². The number of amides is 1. The number of hydrogen-bond acceptors (Lipinski definition) is 4. The summed E-state index contributed by atoms with van der Waals surface area (Å²) in [6.45, 7) is 5.60. The Labute approximate surface area is 142 Å². The number of aromatic nitrogens is 1. The zero-order chi connectivity index (χ0) is 17.7. The van der Waals surface area contributed by atoms with Crippen LogP contribution in [0.25, 0.3) is 0 Å². The third kappa shape index (κ3) is 4.87. The molecule has 24 heavy (non-hydrogen) atoms. The van der Waals surface area contributed by atoms with Crippen molar-refractivity contribution in [3.63, 3.8) is 0 Å². The van der Waals surface area contributed by atoms with Crippen molar-refractivity contribution in [1.29, 1.82) is 0 Å². The normalized spacial score (nSPS) is 11.5. The summed E-state index contributed by atoms with van der Waals surface area (Å²) in [7, 11) is -3.55. The predicted octanol–water partition coefficient (Wildman–Crippen LogP) is 2.01. The van der Waals surface area contributed by atoms with Crippen LogP contribution < -0.4 is 10.0 Å². The molecule has 0 unspecified atom stereocenters. The van der Waals surface area contributed by atoms with Crippen LogP contribution in [-0.4, -0.2) is 25.4 Å². The zero-order valence-corrected chi connectivity index (χ0v) is 14.7. The van der Waals surface area contributed by atoms with Gasteiger partial charge in [0.15, 0.2) is 0 Å². The maximum atomic E-state index is 12.2. The number of carbonyl (C=O) groups is 1. The van der Waals surface area contributed by atoms with Crippen LogP contribution in [0.2, 0.25) is 0 Å². The van der Waals surface area contributed by atoms with Crippen molar-refractivity contribution >= 4 is 15.9 Å². The van der Waals surface area contributed by atoms with E-state index in [0.717, 1.165) is 5.69 Å². The Morgan fingerprint density at radius 2 is 1.96 bits per heavy atom. The van der Waals surface area contributed by atoms with Gasteiger partial charge in [-0.15, -0.1) is 0 Å². The van der Waals surface area contributed by atoms with Gasteiger partial charge in [0.05, 0.1) is 10.5 Å². The zero-order valence-electron chi connectivity index (χ0n) is 13.9. The lowest BCUT2D eigenvalue weighted by Gasteiger charge is -2.11. The van der Waals surface area contributed by atoms with Gasteiger partial charge >= 0.3 is 0 Å². The molecule has 0 radical (unpaired) electrons. The van der Waals surface area contributed by atoms with E-state index in [9.17, 15) is 13.2 Å². The molecule has 2 N–H and O–H groups in total. The van der Waals surface area contributed by atoms with Gasteiger partial charge in [0.25, 0.3) is 5.91 Å². The molecule has 0 bridgehead atoms.